The van der Waals surface area contributed by atoms with Gasteiger partial charge in [0.1, 0.15) is 0 Å². The molecule has 0 rings (SSSR count). The molecule has 0 heterocycles. The Morgan fingerprint density at radius 3 is 1.43 bits per heavy atom. The summed E-state index contributed by atoms with van der Waals surface area (Å²) < 4.78 is 26.9. The maximum Gasteiger partial charge on any atom is 0.0701 e. The maximum atomic E-state index is 5.43. The van der Waals surface area contributed by atoms with E-state index in [1.165, 1.54) is 0 Å². The Labute approximate surface area is 146 Å². The van der Waals surface area contributed by atoms with Crippen LogP contribution < -0.4 is 5.32 Å². The summed E-state index contributed by atoms with van der Waals surface area (Å²) in [4.78, 5) is 0. The quantitative estimate of drug-likeness (QED) is 0.287. The predicted molar refractivity (Wildman–Crippen MR) is 95.7 cm³/mol. The van der Waals surface area contributed by atoms with Crippen molar-refractivity contribution in [2.24, 2.45) is 0 Å². The van der Waals surface area contributed by atoms with Gasteiger partial charge in [0.05, 0.1) is 66.1 Å². The summed E-state index contributed by atoms with van der Waals surface area (Å²) in [7, 11) is 0. The van der Waals surface area contributed by atoms with Crippen LogP contribution in [0.25, 0.3) is 0 Å². The predicted octanol–water partition coefficient (Wildman–Crippen LogP) is 1.39. The Balaban J connectivity index is 2.97. The second-order valence-electron chi connectivity index (χ2n) is 5.48. The van der Waals surface area contributed by atoms with E-state index in [9.17, 15) is 0 Å². The molecule has 0 aromatic rings. The van der Waals surface area contributed by atoms with Gasteiger partial charge < -0.3 is 29.0 Å². The summed E-state index contributed by atoms with van der Waals surface area (Å²) in [6.45, 7) is 13.2. The van der Waals surface area contributed by atoms with Crippen LogP contribution >= 0.6 is 12.6 Å². The molecule has 1 N–H and O–H groups in total. The van der Waals surface area contributed by atoms with Gasteiger partial charge in [0.15, 0.2) is 0 Å². The van der Waals surface area contributed by atoms with E-state index in [2.05, 4.69) is 31.8 Å². The highest BCUT2D eigenvalue weighted by atomic mass is 32.1. The molecule has 6 nitrogen and oxygen atoms in total. The molecule has 0 aliphatic rings. The van der Waals surface area contributed by atoms with Gasteiger partial charge in [-0.3, -0.25) is 0 Å². The van der Waals surface area contributed by atoms with Crippen LogP contribution in [0, 0.1) is 0 Å². The van der Waals surface area contributed by atoms with Crippen molar-refractivity contribution in [3.8, 4) is 0 Å². The molecular formula is C16H35NO5S. The van der Waals surface area contributed by atoms with Gasteiger partial charge in [0, 0.05) is 17.8 Å². The lowest BCUT2D eigenvalue weighted by Crippen LogP contribution is -2.27. The van der Waals surface area contributed by atoms with E-state index in [1.54, 1.807) is 0 Å². The van der Waals surface area contributed by atoms with Gasteiger partial charge >= 0.3 is 0 Å². The lowest BCUT2D eigenvalue weighted by atomic mass is 10.4. The van der Waals surface area contributed by atoms with Crippen molar-refractivity contribution in [2.45, 2.75) is 32.1 Å². The summed E-state index contributed by atoms with van der Waals surface area (Å²) in [5.74, 6) is 0. The summed E-state index contributed by atoms with van der Waals surface area (Å²) in [6, 6.07) is 0.500. The molecule has 0 fully saturated rings. The van der Waals surface area contributed by atoms with Crippen LogP contribution in [0.15, 0.2) is 0 Å². The van der Waals surface area contributed by atoms with Crippen molar-refractivity contribution >= 4 is 12.6 Å². The minimum Gasteiger partial charge on any atom is -0.378 e. The molecule has 0 aromatic carbocycles. The lowest BCUT2D eigenvalue weighted by molar-refractivity contribution is -0.0105. The average Bonchev–Trinajstić information content (AvgIpc) is 2.49. The Morgan fingerprint density at radius 1 is 0.652 bits per heavy atom. The first-order valence-corrected chi connectivity index (χ1v) is 8.94. The van der Waals surface area contributed by atoms with Gasteiger partial charge in [-0.2, -0.15) is 12.6 Å². The van der Waals surface area contributed by atoms with E-state index in [1.807, 2.05) is 6.92 Å². The maximum absolute atomic E-state index is 5.43. The Bertz CT molecular complexity index is 211. The molecule has 0 aliphatic heterocycles. The number of hydrogen-bond donors (Lipinski definition) is 2. The van der Waals surface area contributed by atoms with Crippen LogP contribution in [0.3, 0.4) is 0 Å². The van der Waals surface area contributed by atoms with Crippen LogP contribution in [0.4, 0.5) is 0 Å². The van der Waals surface area contributed by atoms with Crippen molar-refractivity contribution in [2.75, 3.05) is 72.6 Å². The number of rotatable bonds is 18. The highest BCUT2D eigenvalue weighted by Crippen LogP contribution is 1.92. The third kappa shape index (κ3) is 22.1. The number of ether oxygens (including phenoxy) is 5. The monoisotopic (exact) mass is 353 g/mol. The summed E-state index contributed by atoms with van der Waals surface area (Å²) in [5, 5.41) is 3.55. The molecule has 1 atom stereocenters. The zero-order valence-electron chi connectivity index (χ0n) is 14.9. The molecular weight excluding hydrogens is 318 g/mol. The molecule has 140 valence electrons. The van der Waals surface area contributed by atoms with Crippen LogP contribution in [-0.4, -0.2) is 83.9 Å². The highest BCUT2D eigenvalue weighted by Gasteiger charge is 1.96. The molecule has 1 unspecified atom stereocenters. The van der Waals surface area contributed by atoms with E-state index in [0.717, 1.165) is 6.54 Å². The van der Waals surface area contributed by atoms with E-state index < -0.39 is 0 Å². The Hall–Kier alpha value is 0.110. The Kier molecular flexibility index (Phi) is 18.5. The van der Waals surface area contributed by atoms with E-state index in [4.69, 9.17) is 23.7 Å². The summed E-state index contributed by atoms with van der Waals surface area (Å²) >= 11 is 4.22. The van der Waals surface area contributed by atoms with Gasteiger partial charge in [-0.1, -0.05) is 20.8 Å². The molecule has 7 heteroatoms. The fourth-order valence-corrected chi connectivity index (χ4v) is 1.66. The minimum absolute atomic E-state index is 0.264. The molecule has 0 saturated heterocycles. The van der Waals surface area contributed by atoms with E-state index >= 15 is 0 Å². The van der Waals surface area contributed by atoms with E-state index in [0.29, 0.717) is 72.1 Å². The van der Waals surface area contributed by atoms with Crippen LogP contribution in [0.2, 0.25) is 0 Å². The van der Waals surface area contributed by atoms with Crippen molar-refractivity contribution in [3.63, 3.8) is 0 Å². The van der Waals surface area contributed by atoms with Crippen LogP contribution in [-0.2, 0) is 23.7 Å². The second kappa shape index (κ2) is 18.4. The third-order valence-corrected chi connectivity index (χ3v) is 2.80. The van der Waals surface area contributed by atoms with Gasteiger partial charge in [0.2, 0.25) is 0 Å². The molecule has 23 heavy (non-hydrogen) atoms. The molecule has 0 aliphatic carbocycles. The largest absolute Gasteiger partial charge is 0.378 e. The first-order chi connectivity index (χ1) is 11.1. The normalized spacial score (nSPS) is 12.9. The zero-order valence-corrected chi connectivity index (χ0v) is 15.8. The van der Waals surface area contributed by atoms with Crippen molar-refractivity contribution in [3.05, 3.63) is 0 Å². The third-order valence-electron chi connectivity index (χ3n) is 2.65. The fourth-order valence-electron chi connectivity index (χ4n) is 1.55. The smallest absolute Gasteiger partial charge is 0.0701 e. The van der Waals surface area contributed by atoms with Crippen LogP contribution in [0.1, 0.15) is 20.8 Å². The minimum atomic E-state index is 0.264. The number of hydrogen-bond acceptors (Lipinski definition) is 7. The molecule has 0 saturated carbocycles. The molecule has 0 spiro atoms. The number of nitrogens with one attached hydrogen (secondary N) is 1. The fraction of sp³-hybridized carbons (Fsp3) is 1.00. The zero-order chi connectivity index (χ0) is 17.2. The second-order valence-corrected chi connectivity index (χ2v) is 6.36. The van der Waals surface area contributed by atoms with Gasteiger partial charge in [0.25, 0.3) is 0 Å². The van der Waals surface area contributed by atoms with Crippen molar-refractivity contribution in [1.29, 1.82) is 0 Å². The SMILES string of the molecule is CC(S)COCCOCCOCCOCCOCCNC(C)C. The average molecular weight is 354 g/mol. The highest BCUT2D eigenvalue weighted by molar-refractivity contribution is 7.80. The number of thiol groups is 1. The van der Waals surface area contributed by atoms with Crippen LogP contribution in [0.5, 0.6) is 0 Å². The molecule has 0 aromatic heterocycles. The summed E-state index contributed by atoms with van der Waals surface area (Å²) in [5.41, 5.74) is 0. The molecule has 0 bridgehead atoms. The van der Waals surface area contributed by atoms with Crippen molar-refractivity contribution < 1.29 is 23.7 Å². The summed E-state index contributed by atoms with van der Waals surface area (Å²) in [6.07, 6.45) is 0. The van der Waals surface area contributed by atoms with Crippen molar-refractivity contribution in [1.82, 2.24) is 5.32 Å². The van der Waals surface area contributed by atoms with Gasteiger partial charge in [-0.05, 0) is 0 Å². The first kappa shape index (κ1) is 23.1. The molecule has 0 radical (unpaired) electrons. The molecule has 0 amide bonds. The van der Waals surface area contributed by atoms with Gasteiger partial charge in [-0.15, -0.1) is 0 Å². The Morgan fingerprint density at radius 2 is 1.04 bits per heavy atom. The topological polar surface area (TPSA) is 58.2 Å². The first-order valence-electron chi connectivity index (χ1n) is 8.43. The standard InChI is InChI=1S/C16H35NO5S/c1-15(2)17-4-5-18-6-7-19-8-9-20-10-11-21-12-13-22-14-16(3)23/h15-17,23H,4-14H2,1-3H3. The van der Waals surface area contributed by atoms with E-state index in [-0.39, 0.29) is 5.25 Å². The van der Waals surface area contributed by atoms with Gasteiger partial charge in [-0.25, -0.2) is 0 Å². The lowest BCUT2D eigenvalue weighted by Gasteiger charge is -2.09.